The highest BCUT2D eigenvalue weighted by Crippen LogP contribution is 2.36. The van der Waals surface area contributed by atoms with Gasteiger partial charge in [0.1, 0.15) is 5.58 Å². The summed E-state index contributed by atoms with van der Waals surface area (Å²) in [5.41, 5.74) is 1.28. The van der Waals surface area contributed by atoms with Crippen LogP contribution >= 0.6 is 11.8 Å². The number of rotatable bonds is 3. The Bertz CT molecular complexity index is 1230. The highest BCUT2D eigenvalue weighted by atomic mass is 32.2. The average Bonchev–Trinajstić information content (AvgIpc) is 2.96. The lowest BCUT2D eigenvalue weighted by Crippen LogP contribution is -2.00. The monoisotopic (exact) mass is 390 g/mol. The van der Waals surface area contributed by atoms with Crippen LogP contribution in [0.3, 0.4) is 0 Å². The van der Waals surface area contributed by atoms with Crippen molar-refractivity contribution in [2.45, 2.75) is 17.1 Å². The standard InChI is InChI=1S/C23H18O4S/c24-22-12-16(23-18-5-2-1-4-15(18)6-8-20(23)27-22)14-28-17-7-9-19-21(13-17)26-11-3-10-25-19/h1-2,4-9,12-13H,3,10-11,14H2. The number of hydrogen-bond acceptors (Lipinski definition) is 5. The van der Waals surface area contributed by atoms with E-state index in [4.69, 9.17) is 13.9 Å². The molecule has 1 aromatic heterocycles. The van der Waals surface area contributed by atoms with Crippen LogP contribution < -0.4 is 15.1 Å². The van der Waals surface area contributed by atoms with Gasteiger partial charge >= 0.3 is 5.63 Å². The molecule has 1 aliphatic rings. The maximum absolute atomic E-state index is 12.1. The van der Waals surface area contributed by atoms with Gasteiger partial charge in [0.2, 0.25) is 0 Å². The summed E-state index contributed by atoms with van der Waals surface area (Å²) in [7, 11) is 0. The molecule has 28 heavy (non-hydrogen) atoms. The number of benzene rings is 3. The summed E-state index contributed by atoms with van der Waals surface area (Å²) >= 11 is 1.67. The third-order valence-electron chi connectivity index (χ3n) is 4.83. The Morgan fingerprint density at radius 3 is 2.68 bits per heavy atom. The highest BCUT2D eigenvalue weighted by Gasteiger charge is 2.13. The number of hydrogen-bond donors (Lipinski definition) is 0. The maximum Gasteiger partial charge on any atom is 0.336 e. The van der Waals surface area contributed by atoms with Crippen LogP contribution in [0.2, 0.25) is 0 Å². The van der Waals surface area contributed by atoms with Crippen LogP contribution in [-0.4, -0.2) is 13.2 Å². The molecule has 5 rings (SSSR count). The zero-order valence-corrected chi connectivity index (χ0v) is 16.0. The fourth-order valence-electron chi connectivity index (χ4n) is 3.53. The van der Waals surface area contributed by atoms with Crippen LogP contribution in [0.4, 0.5) is 0 Å². The minimum atomic E-state index is -0.322. The van der Waals surface area contributed by atoms with Gasteiger partial charge in [-0.1, -0.05) is 30.3 Å². The van der Waals surface area contributed by atoms with Crippen molar-refractivity contribution in [1.29, 1.82) is 0 Å². The quantitative estimate of drug-likeness (QED) is 0.266. The molecule has 4 nitrogen and oxygen atoms in total. The van der Waals surface area contributed by atoms with E-state index in [1.807, 2.05) is 42.5 Å². The van der Waals surface area contributed by atoms with Crippen LogP contribution in [0, 0.1) is 0 Å². The molecule has 4 aromatic rings. The molecule has 1 aliphatic heterocycles. The van der Waals surface area contributed by atoms with Crippen molar-refractivity contribution in [3.8, 4) is 11.5 Å². The normalized spacial score (nSPS) is 13.6. The Morgan fingerprint density at radius 2 is 1.75 bits per heavy atom. The minimum absolute atomic E-state index is 0.322. The summed E-state index contributed by atoms with van der Waals surface area (Å²) in [4.78, 5) is 13.1. The number of ether oxygens (including phenoxy) is 2. The Labute approximate surface area is 166 Å². The van der Waals surface area contributed by atoms with Gasteiger partial charge in [-0.25, -0.2) is 4.79 Å². The molecule has 140 valence electrons. The molecule has 0 spiro atoms. The first-order valence-corrected chi connectivity index (χ1v) is 10.2. The van der Waals surface area contributed by atoms with Crippen molar-refractivity contribution in [2.24, 2.45) is 0 Å². The molecule has 0 saturated heterocycles. The fraction of sp³-hybridized carbons (Fsp3) is 0.174. The molecule has 0 atom stereocenters. The van der Waals surface area contributed by atoms with Gasteiger partial charge in [-0.05, 0) is 40.6 Å². The summed E-state index contributed by atoms with van der Waals surface area (Å²) in [6.45, 7) is 1.34. The molecule has 0 radical (unpaired) electrons. The van der Waals surface area contributed by atoms with Gasteiger partial charge in [-0.15, -0.1) is 11.8 Å². The van der Waals surface area contributed by atoms with Gasteiger partial charge in [0.05, 0.1) is 13.2 Å². The zero-order chi connectivity index (χ0) is 18.9. The van der Waals surface area contributed by atoms with E-state index in [0.717, 1.165) is 44.5 Å². The second-order valence-corrected chi connectivity index (χ2v) is 7.75. The number of thioether (sulfide) groups is 1. The van der Waals surface area contributed by atoms with E-state index in [9.17, 15) is 4.79 Å². The third-order valence-corrected chi connectivity index (χ3v) is 5.87. The van der Waals surface area contributed by atoms with Gasteiger partial charge in [0.15, 0.2) is 11.5 Å². The molecule has 2 heterocycles. The molecular formula is C23H18O4S. The van der Waals surface area contributed by atoms with Gasteiger partial charge in [-0.3, -0.25) is 0 Å². The van der Waals surface area contributed by atoms with Crippen molar-refractivity contribution in [1.82, 2.24) is 0 Å². The molecule has 0 fully saturated rings. The summed E-state index contributed by atoms with van der Waals surface area (Å²) in [6, 6.07) is 19.6. The second kappa shape index (κ2) is 7.24. The molecule has 0 aliphatic carbocycles. The van der Waals surface area contributed by atoms with E-state index < -0.39 is 0 Å². The van der Waals surface area contributed by atoms with Crippen LogP contribution in [0.5, 0.6) is 11.5 Å². The Morgan fingerprint density at radius 1 is 0.893 bits per heavy atom. The molecule has 0 N–H and O–H groups in total. The van der Waals surface area contributed by atoms with E-state index in [2.05, 4.69) is 12.1 Å². The molecule has 5 heteroatoms. The molecule has 0 bridgehead atoms. The summed E-state index contributed by atoms with van der Waals surface area (Å²) in [6.07, 6.45) is 0.885. The van der Waals surface area contributed by atoms with Crippen molar-refractivity contribution in [3.05, 3.63) is 76.6 Å². The Kier molecular flexibility index (Phi) is 4.45. The summed E-state index contributed by atoms with van der Waals surface area (Å²) < 4.78 is 16.9. The van der Waals surface area contributed by atoms with Crippen LogP contribution in [0.15, 0.2) is 74.8 Å². The van der Waals surface area contributed by atoms with Crippen molar-refractivity contribution >= 4 is 33.5 Å². The second-order valence-electron chi connectivity index (χ2n) is 6.70. The first-order chi connectivity index (χ1) is 13.8. The summed E-state index contributed by atoms with van der Waals surface area (Å²) in [5, 5.41) is 3.23. The van der Waals surface area contributed by atoms with E-state index in [1.165, 1.54) is 0 Å². The predicted octanol–water partition coefficient (Wildman–Crippen LogP) is 5.40. The third kappa shape index (κ3) is 3.22. The predicted molar refractivity (Wildman–Crippen MR) is 112 cm³/mol. The summed E-state index contributed by atoms with van der Waals surface area (Å²) in [5.74, 6) is 2.24. The SMILES string of the molecule is O=c1cc(CSc2ccc3c(c2)OCCCO3)c2c(ccc3ccccc32)o1. The van der Waals surface area contributed by atoms with E-state index in [0.29, 0.717) is 24.5 Å². The van der Waals surface area contributed by atoms with Crippen molar-refractivity contribution in [3.63, 3.8) is 0 Å². The van der Waals surface area contributed by atoms with E-state index in [1.54, 1.807) is 17.8 Å². The average molecular weight is 390 g/mol. The topological polar surface area (TPSA) is 48.7 Å². The van der Waals surface area contributed by atoms with Crippen molar-refractivity contribution in [2.75, 3.05) is 13.2 Å². The molecule has 0 unspecified atom stereocenters. The van der Waals surface area contributed by atoms with E-state index in [-0.39, 0.29) is 5.63 Å². The van der Waals surface area contributed by atoms with Crippen molar-refractivity contribution < 1.29 is 13.9 Å². The molecule has 0 saturated carbocycles. The van der Waals surface area contributed by atoms with Crippen LogP contribution in [-0.2, 0) is 5.75 Å². The highest BCUT2D eigenvalue weighted by molar-refractivity contribution is 7.98. The lowest BCUT2D eigenvalue weighted by molar-refractivity contribution is 0.297. The molecule has 0 amide bonds. The first-order valence-electron chi connectivity index (χ1n) is 9.25. The van der Waals surface area contributed by atoms with Crippen LogP contribution in [0.25, 0.3) is 21.7 Å². The van der Waals surface area contributed by atoms with Gasteiger partial charge in [0.25, 0.3) is 0 Å². The maximum atomic E-state index is 12.1. The smallest absolute Gasteiger partial charge is 0.336 e. The lowest BCUT2D eigenvalue weighted by Gasteiger charge is -2.11. The molecular weight excluding hydrogens is 372 g/mol. The zero-order valence-electron chi connectivity index (χ0n) is 15.1. The van der Waals surface area contributed by atoms with Gasteiger partial charge in [0, 0.05) is 28.5 Å². The Balaban J connectivity index is 1.52. The minimum Gasteiger partial charge on any atom is -0.490 e. The largest absolute Gasteiger partial charge is 0.490 e. The molecule has 3 aromatic carbocycles. The first kappa shape index (κ1) is 17.2. The van der Waals surface area contributed by atoms with Gasteiger partial charge < -0.3 is 13.9 Å². The van der Waals surface area contributed by atoms with E-state index >= 15 is 0 Å². The fourth-order valence-corrected chi connectivity index (χ4v) is 4.43. The Hall–Kier alpha value is -2.92. The van der Waals surface area contributed by atoms with Crippen LogP contribution in [0.1, 0.15) is 12.0 Å². The number of fused-ring (bicyclic) bond motifs is 4. The lowest BCUT2D eigenvalue weighted by atomic mass is 10.0. The van der Waals surface area contributed by atoms with Gasteiger partial charge in [-0.2, -0.15) is 0 Å².